The van der Waals surface area contributed by atoms with Crippen LogP contribution in [0.4, 0.5) is 13.6 Å². The molecule has 0 aromatic heterocycles. The SMILES string of the molecule is CC(C)C[C@H](NC(=O)OC(C(C)C)C(F)(F)c1cccc(-c2ccccc2)c1)C(=O)N[C@H](CO)C[C@@H]1CCNC1=O. The largest absolute Gasteiger partial charge is 0.439 e. The first kappa shape index (κ1) is 32.0. The van der Waals surface area contributed by atoms with Crippen LogP contribution in [0.3, 0.4) is 0 Å². The number of hydrogen-bond acceptors (Lipinski definition) is 5. The first-order valence-electron chi connectivity index (χ1n) is 14.1. The number of carbonyl (C=O) groups excluding carboxylic acids is 3. The third-order valence-electron chi connectivity index (χ3n) is 7.17. The number of halogens is 2. The van der Waals surface area contributed by atoms with E-state index < -0.39 is 48.6 Å². The number of aliphatic hydroxyl groups excluding tert-OH is 1. The standard InChI is InChI=1S/C31H41F2N3O5/c1-19(2)15-26(29(39)35-25(18-37)17-23-13-14-34-28(23)38)36-30(40)41-27(20(3)4)31(32,33)24-12-8-11-22(16-24)21-9-6-5-7-10-21/h5-12,16,19-20,23,25-27,37H,13-15,17-18H2,1-4H3,(H,34,38)(H,35,39)(H,36,40)/t23-,25-,26-,27?/m0/s1. The van der Waals surface area contributed by atoms with Gasteiger partial charge in [0.1, 0.15) is 6.04 Å². The summed E-state index contributed by atoms with van der Waals surface area (Å²) in [4.78, 5) is 38.0. The molecule has 3 rings (SSSR count). The topological polar surface area (TPSA) is 117 Å². The molecule has 10 heteroatoms. The highest BCUT2D eigenvalue weighted by Crippen LogP contribution is 2.38. The quantitative estimate of drug-likeness (QED) is 0.279. The Kier molecular flexibility index (Phi) is 11.2. The van der Waals surface area contributed by atoms with Crippen LogP contribution in [0.5, 0.6) is 0 Å². The number of aliphatic hydroxyl groups is 1. The zero-order valence-electron chi connectivity index (χ0n) is 24.0. The number of carbonyl (C=O) groups is 3. The Morgan fingerprint density at radius 2 is 1.73 bits per heavy atom. The second-order valence-electron chi connectivity index (χ2n) is 11.4. The fourth-order valence-corrected chi connectivity index (χ4v) is 5.02. The van der Waals surface area contributed by atoms with Crippen molar-refractivity contribution in [1.82, 2.24) is 16.0 Å². The maximum absolute atomic E-state index is 15.8. The van der Waals surface area contributed by atoms with E-state index in [-0.39, 0.29) is 36.1 Å². The van der Waals surface area contributed by atoms with Crippen molar-refractivity contribution < 1.29 is 33.0 Å². The summed E-state index contributed by atoms with van der Waals surface area (Å²) in [6, 6.07) is 13.3. The molecule has 224 valence electrons. The van der Waals surface area contributed by atoms with Gasteiger partial charge in [0.25, 0.3) is 0 Å². The molecular formula is C31H41F2N3O5. The number of alkyl halides is 2. The number of nitrogens with one attached hydrogen (secondary N) is 3. The third kappa shape index (κ3) is 8.73. The van der Waals surface area contributed by atoms with E-state index in [9.17, 15) is 19.5 Å². The van der Waals surface area contributed by atoms with E-state index in [0.717, 1.165) is 5.56 Å². The lowest BCUT2D eigenvalue weighted by Crippen LogP contribution is -2.52. The molecule has 1 heterocycles. The molecular weight excluding hydrogens is 532 g/mol. The molecule has 8 nitrogen and oxygen atoms in total. The Morgan fingerprint density at radius 3 is 2.32 bits per heavy atom. The van der Waals surface area contributed by atoms with Crippen molar-refractivity contribution in [1.29, 1.82) is 0 Å². The molecule has 4 N–H and O–H groups in total. The van der Waals surface area contributed by atoms with E-state index in [1.165, 1.54) is 26.0 Å². The van der Waals surface area contributed by atoms with Crippen LogP contribution in [0.15, 0.2) is 54.6 Å². The zero-order chi connectivity index (χ0) is 30.2. The number of benzene rings is 2. The normalized spacial score (nSPS) is 17.6. The van der Waals surface area contributed by atoms with Gasteiger partial charge in [0, 0.05) is 18.0 Å². The van der Waals surface area contributed by atoms with E-state index in [0.29, 0.717) is 18.5 Å². The molecule has 1 saturated heterocycles. The van der Waals surface area contributed by atoms with Gasteiger partial charge in [-0.15, -0.1) is 0 Å². The smallest absolute Gasteiger partial charge is 0.408 e. The second kappa shape index (κ2) is 14.4. The van der Waals surface area contributed by atoms with Gasteiger partial charge in [0.05, 0.1) is 12.6 Å². The minimum absolute atomic E-state index is 0.0256. The highest BCUT2D eigenvalue weighted by Gasteiger charge is 2.46. The monoisotopic (exact) mass is 573 g/mol. The van der Waals surface area contributed by atoms with Gasteiger partial charge >= 0.3 is 12.0 Å². The van der Waals surface area contributed by atoms with Gasteiger partial charge in [0.15, 0.2) is 6.10 Å². The summed E-state index contributed by atoms with van der Waals surface area (Å²) in [5.41, 5.74) is 1.10. The summed E-state index contributed by atoms with van der Waals surface area (Å²) in [6.45, 7) is 6.93. The molecule has 1 unspecified atom stereocenters. The molecule has 41 heavy (non-hydrogen) atoms. The predicted molar refractivity (Wildman–Crippen MR) is 152 cm³/mol. The summed E-state index contributed by atoms with van der Waals surface area (Å²) in [6.07, 6.45) is -1.88. The van der Waals surface area contributed by atoms with Crippen LogP contribution in [0, 0.1) is 17.8 Å². The fraction of sp³-hybridized carbons (Fsp3) is 0.516. The summed E-state index contributed by atoms with van der Waals surface area (Å²) in [5, 5.41) is 17.7. The molecule has 0 bridgehead atoms. The van der Waals surface area contributed by atoms with Crippen LogP contribution >= 0.6 is 0 Å². The van der Waals surface area contributed by atoms with Crippen molar-refractivity contribution in [2.45, 2.75) is 71.1 Å². The lowest BCUT2D eigenvalue weighted by Gasteiger charge is -2.31. The summed E-state index contributed by atoms with van der Waals surface area (Å²) in [7, 11) is 0. The first-order valence-corrected chi connectivity index (χ1v) is 14.1. The van der Waals surface area contributed by atoms with Crippen molar-refractivity contribution in [3.8, 4) is 11.1 Å². The number of rotatable bonds is 13. The van der Waals surface area contributed by atoms with Crippen LogP contribution in [0.2, 0.25) is 0 Å². The molecule has 2 aromatic rings. The van der Waals surface area contributed by atoms with Crippen molar-refractivity contribution in [2.24, 2.45) is 17.8 Å². The molecule has 3 amide bonds. The predicted octanol–water partition coefficient (Wildman–Crippen LogP) is 4.61. The van der Waals surface area contributed by atoms with E-state index in [2.05, 4.69) is 16.0 Å². The molecule has 1 fully saturated rings. The fourth-order valence-electron chi connectivity index (χ4n) is 5.02. The second-order valence-corrected chi connectivity index (χ2v) is 11.4. The molecule has 1 aliphatic rings. The van der Waals surface area contributed by atoms with Crippen molar-refractivity contribution >= 4 is 17.9 Å². The van der Waals surface area contributed by atoms with Gasteiger partial charge in [-0.2, -0.15) is 8.78 Å². The average molecular weight is 574 g/mol. The Labute approximate surface area is 240 Å². The highest BCUT2D eigenvalue weighted by atomic mass is 19.3. The van der Waals surface area contributed by atoms with Gasteiger partial charge in [-0.1, -0.05) is 76.2 Å². The minimum Gasteiger partial charge on any atom is -0.439 e. The van der Waals surface area contributed by atoms with Gasteiger partial charge in [-0.05, 0) is 48.3 Å². The Morgan fingerprint density at radius 1 is 1.05 bits per heavy atom. The molecule has 0 spiro atoms. The van der Waals surface area contributed by atoms with Crippen molar-refractivity contribution in [2.75, 3.05) is 13.2 Å². The van der Waals surface area contributed by atoms with Crippen molar-refractivity contribution in [3.05, 3.63) is 60.2 Å². The Bertz CT molecular complexity index is 1180. The minimum atomic E-state index is -3.52. The summed E-state index contributed by atoms with van der Waals surface area (Å²) in [5.74, 6) is -5.34. The van der Waals surface area contributed by atoms with Crippen LogP contribution in [-0.2, 0) is 20.2 Å². The number of amides is 3. The van der Waals surface area contributed by atoms with Crippen LogP contribution in [-0.4, -0.2) is 54.4 Å². The van der Waals surface area contributed by atoms with E-state index in [1.807, 2.05) is 44.2 Å². The molecule has 0 radical (unpaired) electrons. The summed E-state index contributed by atoms with van der Waals surface area (Å²) >= 11 is 0. The Hall–Kier alpha value is -3.53. The van der Waals surface area contributed by atoms with Gasteiger partial charge in [0.2, 0.25) is 11.8 Å². The first-order chi connectivity index (χ1) is 19.4. The lowest BCUT2D eigenvalue weighted by atomic mass is 9.92. The van der Waals surface area contributed by atoms with Crippen LogP contribution < -0.4 is 16.0 Å². The van der Waals surface area contributed by atoms with Crippen LogP contribution in [0.25, 0.3) is 11.1 Å². The molecule has 2 aromatic carbocycles. The van der Waals surface area contributed by atoms with Crippen LogP contribution in [0.1, 0.15) is 52.5 Å². The summed E-state index contributed by atoms with van der Waals surface area (Å²) < 4.78 is 37.0. The molecule has 4 atom stereocenters. The van der Waals surface area contributed by atoms with Crippen molar-refractivity contribution in [3.63, 3.8) is 0 Å². The van der Waals surface area contributed by atoms with Gasteiger partial charge in [-0.3, -0.25) is 9.59 Å². The highest BCUT2D eigenvalue weighted by molar-refractivity contribution is 5.86. The molecule has 0 saturated carbocycles. The number of hydrogen-bond donors (Lipinski definition) is 4. The van der Waals surface area contributed by atoms with Gasteiger partial charge < -0.3 is 25.8 Å². The maximum Gasteiger partial charge on any atom is 0.408 e. The molecule has 1 aliphatic heterocycles. The number of ether oxygens (including phenoxy) is 1. The van der Waals surface area contributed by atoms with Gasteiger partial charge in [-0.25, -0.2) is 4.79 Å². The lowest BCUT2D eigenvalue weighted by molar-refractivity contribution is -0.136. The number of alkyl carbamates (subject to hydrolysis) is 1. The maximum atomic E-state index is 15.8. The van der Waals surface area contributed by atoms with E-state index in [1.54, 1.807) is 12.1 Å². The molecule has 0 aliphatic carbocycles. The van der Waals surface area contributed by atoms with E-state index >= 15 is 8.78 Å². The average Bonchev–Trinajstić information content (AvgIpc) is 3.34. The Balaban J connectivity index is 1.72. The zero-order valence-corrected chi connectivity index (χ0v) is 24.0. The third-order valence-corrected chi connectivity index (χ3v) is 7.17. The van der Waals surface area contributed by atoms with E-state index in [4.69, 9.17) is 4.74 Å².